The highest BCUT2D eigenvalue weighted by atomic mass is 79.9. The standard InChI is InChI=1S/C6H15BrN2.ClH/c7-5-3-1-2-4-6-9-8;/h9H,1-6,8H2;1H. The van der Waals surface area contributed by atoms with Crippen molar-refractivity contribution in [3.05, 3.63) is 0 Å². The second kappa shape index (κ2) is 12.4. The van der Waals surface area contributed by atoms with E-state index in [4.69, 9.17) is 5.84 Å². The number of rotatable bonds is 6. The zero-order chi connectivity index (χ0) is 6.95. The SMILES string of the molecule is Cl.NNCCCCCCBr. The molecule has 10 heavy (non-hydrogen) atoms. The fourth-order valence-corrected chi connectivity index (χ4v) is 1.07. The summed E-state index contributed by atoms with van der Waals surface area (Å²) in [5.41, 5.74) is 2.63. The van der Waals surface area contributed by atoms with E-state index in [1.807, 2.05) is 0 Å². The van der Waals surface area contributed by atoms with E-state index in [2.05, 4.69) is 21.4 Å². The van der Waals surface area contributed by atoms with Crippen molar-refractivity contribution in [3.63, 3.8) is 0 Å². The number of unbranched alkanes of at least 4 members (excludes halogenated alkanes) is 3. The number of hydrazine groups is 1. The van der Waals surface area contributed by atoms with Gasteiger partial charge in [-0.3, -0.25) is 11.3 Å². The van der Waals surface area contributed by atoms with Crippen LogP contribution in [0.25, 0.3) is 0 Å². The van der Waals surface area contributed by atoms with Gasteiger partial charge in [-0.05, 0) is 12.8 Å². The average molecular weight is 232 g/mol. The van der Waals surface area contributed by atoms with E-state index < -0.39 is 0 Å². The fourth-order valence-electron chi connectivity index (χ4n) is 0.675. The largest absolute Gasteiger partial charge is 0.271 e. The lowest BCUT2D eigenvalue weighted by atomic mass is 10.2. The van der Waals surface area contributed by atoms with Gasteiger partial charge in [-0.15, -0.1) is 12.4 Å². The number of hydrogen-bond donors (Lipinski definition) is 2. The normalized spacial score (nSPS) is 9.00. The van der Waals surface area contributed by atoms with Crippen LogP contribution in [0, 0.1) is 0 Å². The molecule has 4 heteroatoms. The third kappa shape index (κ3) is 11.5. The van der Waals surface area contributed by atoms with Crippen molar-refractivity contribution in [1.29, 1.82) is 0 Å². The Morgan fingerprint density at radius 2 is 1.70 bits per heavy atom. The molecule has 0 aliphatic carbocycles. The van der Waals surface area contributed by atoms with Crippen LogP contribution in [0.5, 0.6) is 0 Å². The second-order valence-corrected chi connectivity index (χ2v) is 2.85. The van der Waals surface area contributed by atoms with Gasteiger partial charge in [0.05, 0.1) is 0 Å². The maximum absolute atomic E-state index is 5.08. The molecule has 2 nitrogen and oxygen atoms in total. The third-order valence-corrected chi connectivity index (χ3v) is 1.77. The number of halogens is 2. The molecule has 0 aromatic rings. The average Bonchev–Trinajstić information content (AvgIpc) is 1.89. The van der Waals surface area contributed by atoms with E-state index in [0.717, 1.165) is 11.9 Å². The monoisotopic (exact) mass is 230 g/mol. The molecular formula is C6H16BrClN2. The molecule has 0 heterocycles. The van der Waals surface area contributed by atoms with Crippen LogP contribution in [0.4, 0.5) is 0 Å². The van der Waals surface area contributed by atoms with Gasteiger partial charge >= 0.3 is 0 Å². The van der Waals surface area contributed by atoms with Crippen LogP contribution < -0.4 is 11.3 Å². The van der Waals surface area contributed by atoms with Crippen molar-refractivity contribution in [3.8, 4) is 0 Å². The molecule has 0 amide bonds. The molecule has 0 fully saturated rings. The van der Waals surface area contributed by atoms with Gasteiger partial charge in [-0.2, -0.15) is 0 Å². The molecular weight excluding hydrogens is 215 g/mol. The molecule has 0 unspecified atom stereocenters. The molecule has 0 radical (unpaired) electrons. The summed E-state index contributed by atoms with van der Waals surface area (Å²) >= 11 is 3.38. The second-order valence-electron chi connectivity index (χ2n) is 2.06. The number of alkyl halides is 1. The van der Waals surface area contributed by atoms with Gasteiger partial charge in [-0.25, -0.2) is 0 Å². The van der Waals surface area contributed by atoms with E-state index >= 15 is 0 Å². The van der Waals surface area contributed by atoms with Crippen LogP contribution in [-0.2, 0) is 0 Å². The molecule has 0 saturated heterocycles. The molecule has 64 valence electrons. The van der Waals surface area contributed by atoms with Crippen molar-refractivity contribution >= 4 is 28.3 Å². The molecule has 0 aromatic carbocycles. The number of nitrogens with one attached hydrogen (secondary N) is 1. The fraction of sp³-hybridized carbons (Fsp3) is 1.00. The highest BCUT2D eigenvalue weighted by Gasteiger charge is 1.85. The van der Waals surface area contributed by atoms with Gasteiger partial charge in [0, 0.05) is 11.9 Å². The molecule has 0 aromatic heterocycles. The Labute approximate surface area is 77.4 Å². The summed E-state index contributed by atoms with van der Waals surface area (Å²) in [5.74, 6) is 5.08. The Bertz CT molecular complexity index is 49.0. The van der Waals surface area contributed by atoms with Gasteiger partial charge in [0.1, 0.15) is 0 Å². The van der Waals surface area contributed by atoms with Gasteiger partial charge in [-0.1, -0.05) is 28.8 Å². The lowest BCUT2D eigenvalue weighted by Crippen LogP contribution is -2.22. The van der Waals surface area contributed by atoms with Crippen LogP contribution in [0.3, 0.4) is 0 Å². The maximum Gasteiger partial charge on any atom is 0.00974 e. The Morgan fingerprint density at radius 3 is 2.20 bits per heavy atom. The summed E-state index contributed by atoms with van der Waals surface area (Å²) in [6.07, 6.45) is 5.08. The lowest BCUT2D eigenvalue weighted by Gasteiger charge is -1.96. The molecule has 0 aliphatic heterocycles. The summed E-state index contributed by atoms with van der Waals surface area (Å²) in [7, 11) is 0. The van der Waals surface area contributed by atoms with Gasteiger partial charge < -0.3 is 0 Å². The molecule has 0 bridgehead atoms. The zero-order valence-corrected chi connectivity index (χ0v) is 8.51. The van der Waals surface area contributed by atoms with Gasteiger partial charge in [0.25, 0.3) is 0 Å². The Balaban J connectivity index is 0. The predicted octanol–water partition coefficient (Wildman–Crippen LogP) is 1.83. The third-order valence-electron chi connectivity index (χ3n) is 1.20. The van der Waals surface area contributed by atoms with Gasteiger partial charge in [0.15, 0.2) is 0 Å². The highest BCUT2D eigenvalue weighted by molar-refractivity contribution is 9.09. The quantitative estimate of drug-likeness (QED) is 0.317. The minimum atomic E-state index is 0. The molecule has 0 aliphatic rings. The van der Waals surface area contributed by atoms with Gasteiger partial charge in [0.2, 0.25) is 0 Å². The number of hydrogen-bond acceptors (Lipinski definition) is 2. The Morgan fingerprint density at radius 1 is 1.10 bits per heavy atom. The van der Waals surface area contributed by atoms with Crippen LogP contribution >= 0.6 is 28.3 Å². The van der Waals surface area contributed by atoms with Crippen molar-refractivity contribution in [2.75, 3.05) is 11.9 Å². The van der Waals surface area contributed by atoms with Crippen molar-refractivity contribution in [2.24, 2.45) is 5.84 Å². The van der Waals surface area contributed by atoms with Crippen molar-refractivity contribution in [2.45, 2.75) is 25.7 Å². The van der Waals surface area contributed by atoms with E-state index in [-0.39, 0.29) is 12.4 Å². The van der Waals surface area contributed by atoms with Crippen LogP contribution in [0.2, 0.25) is 0 Å². The van der Waals surface area contributed by atoms with E-state index in [9.17, 15) is 0 Å². The Kier molecular flexibility index (Phi) is 16.4. The molecule has 0 atom stereocenters. The summed E-state index contributed by atoms with van der Waals surface area (Å²) in [5, 5.41) is 1.13. The molecule has 0 rings (SSSR count). The first-order valence-electron chi connectivity index (χ1n) is 3.41. The smallest absolute Gasteiger partial charge is 0.00974 e. The molecule has 0 spiro atoms. The minimum Gasteiger partial charge on any atom is -0.271 e. The van der Waals surface area contributed by atoms with E-state index in [1.165, 1.54) is 25.7 Å². The van der Waals surface area contributed by atoms with E-state index in [1.54, 1.807) is 0 Å². The lowest BCUT2D eigenvalue weighted by molar-refractivity contribution is 0.616. The van der Waals surface area contributed by atoms with Crippen molar-refractivity contribution < 1.29 is 0 Å². The molecule has 3 N–H and O–H groups in total. The Hall–Kier alpha value is 0.690. The topological polar surface area (TPSA) is 38.0 Å². The summed E-state index contributed by atoms with van der Waals surface area (Å²) in [6, 6.07) is 0. The van der Waals surface area contributed by atoms with Crippen molar-refractivity contribution in [1.82, 2.24) is 5.43 Å². The van der Waals surface area contributed by atoms with Crippen LogP contribution in [0.1, 0.15) is 25.7 Å². The highest BCUT2D eigenvalue weighted by Crippen LogP contribution is 2.00. The number of nitrogens with two attached hydrogens (primary N) is 1. The predicted molar refractivity (Wildman–Crippen MR) is 51.7 cm³/mol. The van der Waals surface area contributed by atoms with Crippen LogP contribution in [0.15, 0.2) is 0 Å². The first-order valence-corrected chi connectivity index (χ1v) is 4.53. The zero-order valence-electron chi connectivity index (χ0n) is 6.11. The maximum atomic E-state index is 5.08. The van der Waals surface area contributed by atoms with E-state index in [0.29, 0.717) is 0 Å². The summed E-state index contributed by atoms with van der Waals surface area (Å²) in [4.78, 5) is 0. The first kappa shape index (κ1) is 13.3. The summed E-state index contributed by atoms with van der Waals surface area (Å²) < 4.78 is 0. The minimum absolute atomic E-state index is 0. The summed E-state index contributed by atoms with van der Waals surface area (Å²) in [6.45, 7) is 0.947. The molecule has 0 saturated carbocycles. The first-order chi connectivity index (χ1) is 4.41. The van der Waals surface area contributed by atoms with Crippen LogP contribution in [-0.4, -0.2) is 11.9 Å².